The first-order valence-electron chi connectivity index (χ1n) is 9.06. The lowest BCUT2D eigenvalue weighted by molar-refractivity contribution is 0.168. The number of halogens is 1. The summed E-state index contributed by atoms with van der Waals surface area (Å²) >= 11 is 0. The Morgan fingerprint density at radius 2 is 1.73 bits per heavy atom. The van der Waals surface area contributed by atoms with Gasteiger partial charge in [-0.25, -0.2) is 4.39 Å². The van der Waals surface area contributed by atoms with E-state index >= 15 is 0 Å². The van der Waals surface area contributed by atoms with Gasteiger partial charge in [-0.1, -0.05) is 48.5 Å². The summed E-state index contributed by atoms with van der Waals surface area (Å²) in [5, 5.41) is 8.39. The molecular formula is C21H22FN3O. The van der Waals surface area contributed by atoms with Crippen molar-refractivity contribution in [3.8, 4) is 0 Å². The van der Waals surface area contributed by atoms with Crippen LogP contribution < -0.4 is 0 Å². The van der Waals surface area contributed by atoms with Crippen LogP contribution in [0.4, 0.5) is 4.39 Å². The summed E-state index contributed by atoms with van der Waals surface area (Å²) in [5.74, 6) is 1.03. The highest BCUT2D eigenvalue weighted by Gasteiger charge is 2.34. The molecule has 0 spiro atoms. The second-order valence-electron chi connectivity index (χ2n) is 6.85. The van der Waals surface area contributed by atoms with Crippen LogP contribution in [0.15, 0.2) is 59.0 Å². The Morgan fingerprint density at radius 3 is 2.46 bits per heavy atom. The molecule has 4 nitrogen and oxygen atoms in total. The maximum Gasteiger partial charge on any atom is 0.230 e. The molecule has 2 aromatic carbocycles. The molecule has 0 radical (unpaired) electrons. The normalized spacial score (nSPS) is 15.3. The molecule has 134 valence electrons. The minimum Gasteiger partial charge on any atom is -0.424 e. The van der Waals surface area contributed by atoms with E-state index in [1.165, 1.54) is 6.07 Å². The van der Waals surface area contributed by atoms with Crippen LogP contribution in [-0.2, 0) is 13.0 Å². The Kier molecular flexibility index (Phi) is 4.80. The van der Waals surface area contributed by atoms with Crippen LogP contribution in [0.2, 0.25) is 0 Å². The van der Waals surface area contributed by atoms with E-state index < -0.39 is 0 Å². The van der Waals surface area contributed by atoms with Crippen LogP contribution in [0.25, 0.3) is 0 Å². The first kappa shape index (κ1) is 16.9. The van der Waals surface area contributed by atoms with Crippen molar-refractivity contribution in [1.29, 1.82) is 0 Å². The second-order valence-corrected chi connectivity index (χ2v) is 6.85. The van der Waals surface area contributed by atoms with E-state index in [0.717, 1.165) is 18.4 Å². The van der Waals surface area contributed by atoms with Crippen LogP contribution in [0, 0.1) is 5.82 Å². The highest BCUT2D eigenvalue weighted by Crippen LogP contribution is 2.36. The molecule has 1 fully saturated rings. The summed E-state index contributed by atoms with van der Waals surface area (Å²) in [6, 6.07) is 17.5. The van der Waals surface area contributed by atoms with Crippen molar-refractivity contribution in [3.05, 3.63) is 83.3 Å². The molecule has 1 aliphatic carbocycles. The largest absolute Gasteiger partial charge is 0.424 e. The first-order valence-corrected chi connectivity index (χ1v) is 9.06. The molecule has 1 aliphatic rings. The minimum absolute atomic E-state index is 0.0341. The van der Waals surface area contributed by atoms with Gasteiger partial charge >= 0.3 is 0 Å². The Bertz CT molecular complexity index is 860. The molecule has 3 aromatic rings. The molecule has 0 N–H and O–H groups in total. The molecule has 0 aliphatic heterocycles. The van der Waals surface area contributed by atoms with Gasteiger partial charge in [0.2, 0.25) is 11.8 Å². The Labute approximate surface area is 152 Å². The summed E-state index contributed by atoms with van der Waals surface area (Å²) in [6.45, 7) is 2.58. The highest BCUT2D eigenvalue weighted by molar-refractivity contribution is 5.21. The van der Waals surface area contributed by atoms with Crippen molar-refractivity contribution >= 4 is 0 Å². The minimum atomic E-state index is -0.166. The van der Waals surface area contributed by atoms with E-state index in [-0.39, 0.29) is 11.9 Å². The molecule has 1 aromatic heterocycles. The van der Waals surface area contributed by atoms with Crippen molar-refractivity contribution in [2.24, 2.45) is 0 Å². The first-order chi connectivity index (χ1) is 12.7. The van der Waals surface area contributed by atoms with Gasteiger partial charge in [-0.2, -0.15) is 0 Å². The Balaban J connectivity index is 1.48. The van der Waals surface area contributed by atoms with Crippen molar-refractivity contribution in [3.63, 3.8) is 0 Å². The molecule has 1 heterocycles. The fourth-order valence-corrected chi connectivity index (χ4v) is 3.33. The average Bonchev–Trinajstić information content (AvgIpc) is 3.41. The van der Waals surface area contributed by atoms with Gasteiger partial charge in [0.25, 0.3) is 0 Å². The summed E-state index contributed by atoms with van der Waals surface area (Å²) in [6.07, 6.45) is 2.88. The van der Waals surface area contributed by atoms with Crippen molar-refractivity contribution in [2.75, 3.05) is 0 Å². The third-order valence-corrected chi connectivity index (χ3v) is 4.89. The van der Waals surface area contributed by atoms with Gasteiger partial charge in [0.15, 0.2) is 0 Å². The molecule has 1 saturated carbocycles. The van der Waals surface area contributed by atoms with Crippen LogP contribution in [-0.4, -0.2) is 21.1 Å². The highest BCUT2D eigenvalue weighted by atomic mass is 19.1. The molecule has 0 saturated heterocycles. The number of rotatable bonds is 7. The van der Waals surface area contributed by atoms with Gasteiger partial charge < -0.3 is 4.42 Å². The van der Waals surface area contributed by atoms with Crippen LogP contribution in [0.1, 0.15) is 48.7 Å². The fourth-order valence-electron chi connectivity index (χ4n) is 3.33. The summed E-state index contributed by atoms with van der Waals surface area (Å²) in [7, 11) is 0. The van der Waals surface area contributed by atoms with Crippen molar-refractivity contribution < 1.29 is 8.81 Å². The lowest BCUT2D eigenvalue weighted by atomic mass is 10.1. The van der Waals surface area contributed by atoms with E-state index in [1.54, 1.807) is 6.07 Å². The molecular weight excluding hydrogens is 329 g/mol. The van der Waals surface area contributed by atoms with Crippen LogP contribution >= 0.6 is 0 Å². The number of hydrogen-bond donors (Lipinski definition) is 0. The summed E-state index contributed by atoms with van der Waals surface area (Å²) < 4.78 is 20.0. The smallest absolute Gasteiger partial charge is 0.230 e. The number of hydrogen-bond acceptors (Lipinski definition) is 4. The zero-order valence-electron chi connectivity index (χ0n) is 14.8. The molecule has 4 rings (SSSR count). The number of nitrogens with zero attached hydrogens (tertiary/aromatic N) is 3. The molecule has 26 heavy (non-hydrogen) atoms. The van der Waals surface area contributed by atoms with E-state index in [1.807, 2.05) is 49.4 Å². The number of benzene rings is 2. The molecule has 1 unspecified atom stereocenters. The van der Waals surface area contributed by atoms with Crippen molar-refractivity contribution in [1.82, 2.24) is 15.1 Å². The SMILES string of the molecule is CC(c1ccccc1F)N(Cc1nnc(Cc2ccccc2)o1)C1CC1. The Morgan fingerprint density at radius 1 is 1.04 bits per heavy atom. The standard InChI is InChI=1S/C21H22FN3O/c1-15(18-9-5-6-10-19(18)22)25(17-11-12-17)14-21-24-23-20(26-21)13-16-7-3-2-4-8-16/h2-10,15,17H,11-14H2,1H3. The van der Waals surface area contributed by atoms with Gasteiger partial charge in [0.1, 0.15) is 5.82 Å². The van der Waals surface area contributed by atoms with Gasteiger partial charge in [-0.05, 0) is 31.4 Å². The van der Waals surface area contributed by atoms with Crippen molar-refractivity contribution in [2.45, 2.75) is 44.8 Å². The average molecular weight is 351 g/mol. The molecule has 0 amide bonds. The topological polar surface area (TPSA) is 42.2 Å². The third kappa shape index (κ3) is 3.83. The quantitative estimate of drug-likeness (QED) is 0.627. The van der Waals surface area contributed by atoms with E-state index in [0.29, 0.717) is 36.4 Å². The van der Waals surface area contributed by atoms with Gasteiger partial charge in [0.05, 0.1) is 13.0 Å². The number of aromatic nitrogens is 2. The predicted octanol–water partition coefficient (Wildman–Crippen LogP) is 4.53. The van der Waals surface area contributed by atoms with Crippen LogP contribution in [0.3, 0.4) is 0 Å². The van der Waals surface area contributed by atoms with Gasteiger partial charge in [0, 0.05) is 17.6 Å². The molecule has 5 heteroatoms. The van der Waals surface area contributed by atoms with Gasteiger partial charge in [-0.15, -0.1) is 10.2 Å². The fraction of sp³-hybridized carbons (Fsp3) is 0.333. The maximum atomic E-state index is 14.2. The predicted molar refractivity (Wildman–Crippen MR) is 96.9 cm³/mol. The molecule has 1 atom stereocenters. The van der Waals surface area contributed by atoms with Gasteiger partial charge in [-0.3, -0.25) is 4.90 Å². The maximum absolute atomic E-state index is 14.2. The zero-order chi connectivity index (χ0) is 17.9. The monoisotopic (exact) mass is 351 g/mol. The zero-order valence-corrected chi connectivity index (χ0v) is 14.8. The second kappa shape index (κ2) is 7.38. The lowest BCUT2D eigenvalue weighted by Gasteiger charge is -2.28. The third-order valence-electron chi connectivity index (χ3n) is 4.89. The summed E-state index contributed by atoms with van der Waals surface area (Å²) in [5.41, 5.74) is 1.85. The Hall–Kier alpha value is -2.53. The van der Waals surface area contributed by atoms with E-state index in [9.17, 15) is 4.39 Å². The van der Waals surface area contributed by atoms with Crippen LogP contribution in [0.5, 0.6) is 0 Å². The molecule has 0 bridgehead atoms. The lowest BCUT2D eigenvalue weighted by Crippen LogP contribution is -2.29. The van der Waals surface area contributed by atoms with E-state index in [4.69, 9.17) is 4.42 Å². The van der Waals surface area contributed by atoms with E-state index in [2.05, 4.69) is 15.1 Å². The summed E-state index contributed by atoms with van der Waals surface area (Å²) in [4.78, 5) is 2.26.